The minimum atomic E-state index is -3.28. The summed E-state index contributed by atoms with van der Waals surface area (Å²) in [5.41, 5.74) is 0.516. The zero-order valence-electron chi connectivity index (χ0n) is 19.5. The van der Waals surface area contributed by atoms with Crippen LogP contribution < -0.4 is 14.2 Å². The summed E-state index contributed by atoms with van der Waals surface area (Å²) < 4.78 is 40.1. The van der Waals surface area contributed by atoms with Crippen LogP contribution in [-0.4, -0.2) is 59.4 Å². The van der Waals surface area contributed by atoms with Crippen LogP contribution in [0.5, 0.6) is 17.2 Å². The van der Waals surface area contributed by atoms with Gasteiger partial charge in [-0.15, -0.1) is 0 Å². The number of amides is 1. The van der Waals surface area contributed by atoms with Crippen LogP contribution in [-0.2, 0) is 9.84 Å². The smallest absolute Gasteiger partial charge is 0.253 e. The van der Waals surface area contributed by atoms with Crippen molar-refractivity contribution in [2.24, 2.45) is 5.92 Å². The minimum absolute atomic E-state index is 0.129. The molecule has 2 aromatic rings. The van der Waals surface area contributed by atoms with E-state index in [1.165, 1.54) is 12.1 Å². The molecule has 1 amide bonds. The molecule has 0 radical (unpaired) electrons. The second-order valence-corrected chi connectivity index (χ2v) is 10.1. The van der Waals surface area contributed by atoms with E-state index in [1.807, 2.05) is 0 Å². The molecule has 2 aromatic carbocycles. The van der Waals surface area contributed by atoms with Gasteiger partial charge in [0.05, 0.1) is 25.2 Å². The highest BCUT2D eigenvalue weighted by atomic mass is 32.2. The largest absolute Gasteiger partial charge is 0.493 e. The van der Waals surface area contributed by atoms with Gasteiger partial charge in [-0.1, -0.05) is 19.9 Å². The number of sulfone groups is 1. The van der Waals surface area contributed by atoms with Gasteiger partial charge in [0.2, 0.25) is 0 Å². The molecule has 0 saturated heterocycles. The summed E-state index contributed by atoms with van der Waals surface area (Å²) in [6.45, 7) is 5.70. The van der Waals surface area contributed by atoms with E-state index in [9.17, 15) is 13.2 Å². The third-order valence-electron chi connectivity index (χ3n) is 4.85. The van der Waals surface area contributed by atoms with Crippen LogP contribution >= 0.6 is 0 Å². The van der Waals surface area contributed by atoms with E-state index < -0.39 is 9.84 Å². The first-order chi connectivity index (χ1) is 15.1. The number of ether oxygens (including phenoxy) is 3. The van der Waals surface area contributed by atoms with Crippen LogP contribution in [0.3, 0.4) is 0 Å². The number of carbonyl (C=O) groups excluding carboxylic acids is 1. The molecule has 2 rings (SSSR count). The van der Waals surface area contributed by atoms with Gasteiger partial charge in [-0.05, 0) is 55.2 Å². The predicted molar refractivity (Wildman–Crippen MR) is 125 cm³/mol. The summed E-state index contributed by atoms with van der Waals surface area (Å²) in [5.74, 6) is 2.05. The van der Waals surface area contributed by atoms with Crippen LogP contribution in [0.25, 0.3) is 0 Å². The van der Waals surface area contributed by atoms with E-state index in [-0.39, 0.29) is 10.8 Å². The van der Waals surface area contributed by atoms with Crippen molar-refractivity contribution in [3.63, 3.8) is 0 Å². The van der Waals surface area contributed by atoms with Crippen LogP contribution in [0, 0.1) is 5.92 Å². The first-order valence-electron chi connectivity index (χ1n) is 10.6. The second kappa shape index (κ2) is 11.8. The van der Waals surface area contributed by atoms with Crippen LogP contribution in [0.2, 0.25) is 0 Å². The van der Waals surface area contributed by atoms with Gasteiger partial charge in [-0.25, -0.2) is 8.42 Å². The summed E-state index contributed by atoms with van der Waals surface area (Å²) in [5, 5.41) is 0. The Kier molecular flexibility index (Phi) is 9.38. The van der Waals surface area contributed by atoms with E-state index in [0.29, 0.717) is 54.9 Å². The predicted octanol–water partition coefficient (Wildman–Crippen LogP) is 4.06. The summed E-state index contributed by atoms with van der Waals surface area (Å²) in [6.07, 6.45) is 2.69. The lowest BCUT2D eigenvalue weighted by atomic mass is 10.1. The SMILES string of the molecule is COc1cc(C(=O)N(C)CCCOc2cccc(S(C)(=O)=O)c2)ccc1OCCC(C)C. The van der Waals surface area contributed by atoms with Crippen molar-refractivity contribution < 1.29 is 27.4 Å². The fourth-order valence-corrected chi connectivity index (χ4v) is 3.59. The van der Waals surface area contributed by atoms with Gasteiger partial charge in [-0.3, -0.25) is 4.79 Å². The fourth-order valence-electron chi connectivity index (χ4n) is 2.93. The summed E-state index contributed by atoms with van der Waals surface area (Å²) in [7, 11) is 0.00109. The molecule has 0 aliphatic carbocycles. The Labute approximate surface area is 191 Å². The Bertz CT molecular complexity index is 1000. The fraction of sp³-hybridized carbons (Fsp3) is 0.458. The summed E-state index contributed by atoms with van der Waals surface area (Å²) in [4.78, 5) is 14.6. The van der Waals surface area contributed by atoms with Gasteiger partial charge in [0.1, 0.15) is 5.75 Å². The third-order valence-corrected chi connectivity index (χ3v) is 5.96. The van der Waals surface area contributed by atoms with Crippen molar-refractivity contribution in [3.05, 3.63) is 48.0 Å². The molecule has 0 heterocycles. The maximum Gasteiger partial charge on any atom is 0.253 e. The lowest BCUT2D eigenvalue weighted by molar-refractivity contribution is 0.0787. The molecule has 0 aliphatic heterocycles. The summed E-state index contributed by atoms with van der Waals surface area (Å²) in [6, 6.07) is 11.6. The van der Waals surface area contributed by atoms with Crippen molar-refractivity contribution >= 4 is 15.7 Å². The lowest BCUT2D eigenvalue weighted by Crippen LogP contribution is -2.28. The molecule has 176 valence electrons. The van der Waals surface area contributed by atoms with Crippen molar-refractivity contribution in [1.29, 1.82) is 0 Å². The molecule has 0 fully saturated rings. The molecule has 0 aromatic heterocycles. The first-order valence-corrected chi connectivity index (χ1v) is 12.5. The average Bonchev–Trinajstić information content (AvgIpc) is 2.75. The maximum absolute atomic E-state index is 12.8. The van der Waals surface area contributed by atoms with Crippen molar-refractivity contribution in [3.8, 4) is 17.2 Å². The van der Waals surface area contributed by atoms with Crippen molar-refractivity contribution in [1.82, 2.24) is 4.90 Å². The number of hydrogen-bond donors (Lipinski definition) is 0. The van der Waals surface area contributed by atoms with Gasteiger partial charge in [0.25, 0.3) is 5.91 Å². The molecule has 8 heteroatoms. The normalized spacial score (nSPS) is 11.3. The van der Waals surface area contributed by atoms with E-state index in [1.54, 1.807) is 49.4 Å². The number of benzene rings is 2. The van der Waals surface area contributed by atoms with Crippen LogP contribution in [0.4, 0.5) is 0 Å². The standard InChI is InChI=1S/C24H33NO6S/c1-18(2)12-15-31-22-11-10-19(16-23(22)29-4)24(26)25(3)13-7-14-30-20-8-6-9-21(17-20)32(5,27)28/h6,8-11,16-18H,7,12-15H2,1-5H3. The maximum atomic E-state index is 12.8. The van der Waals surface area contributed by atoms with Gasteiger partial charge in [0, 0.05) is 25.4 Å². The molecule has 0 atom stereocenters. The minimum Gasteiger partial charge on any atom is -0.493 e. The highest BCUT2D eigenvalue weighted by Crippen LogP contribution is 2.29. The monoisotopic (exact) mass is 463 g/mol. The van der Waals surface area contributed by atoms with Crippen molar-refractivity contribution in [2.75, 3.05) is 40.2 Å². The van der Waals surface area contributed by atoms with Gasteiger partial charge in [-0.2, -0.15) is 0 Å². The lowest BCUT2D eigenvalue weighted by Gasteiger charge is -2.19. The number of methoxy groups -OCH3 is 1. The highest BCUT2D eigenvalue weighted by Gasteiger charge is 2.15. The number of nitrogens with zero attached hydrogens (tertiary/aromatic N) is 1. The van der Waals surface area contributed by atoms with E-state index in [4.69, 9.17) is 14.2 Å². The zero-order valence-corrected chi connectivity index (χ0v) is 20.3. The molecule has 0 aliphatic rings. The molecule has 0 spiro atoms. The molecular weight excluding hydrogens is 430 g/mol. The molecular formula is C24H33NO6S. The second-order valence-electron chi connectivity index (χ2n) is 8.07. The quantitative estimate of drug-likeness (QED) is 0.442. The number of carbonyl (C=O) groups is 1. The van der Waals surface area contributed by atoms with Gasteiger partial charge < -0.3 is 19.1 Å². The van der Waals surface area contributed by atoms with E-state index in [0.717, 1.165) is 12.7 Å². The Morgan fingerprint density at radius 2 is 1.78 bits per heavy atom. The van der Waals surface area contributed by atoms with Crippen LogP contribution in [0.1, 0.15) is 37.0 Å². The Balaban J connectivity index is 1.88. The van der Waals surface area contributed by atoms with Crippen molar-refractivity contribution in [2.45, 2.75) is 31.6 Å². The molecule has 0 bridgehead atoms. The van der Waals surface area contributed by atoms with Gasteiger partial charge in [0.15, 0.2) is 21.3 Å². The Morgan fingerprint density at radius 1 is 1.03 bits per heavy atom. The van der Waals surface area contributed by atoms with E-state index in [2.05, 4.69) is 13.8 Å². The highest BCUT2D eigenvalue weighted by molar-refractivity contribution is 7.90. The topological polar surface area (TPSA) is 82.1 Å². The molecule has 0 saturated carbocycles. The summed E-state index contributed by atoms with van der Waals surface area (Å²) >= 11 is 0. The Hall–Kier alpha value is -2.74. The third kappa shape index (κ3) is 7.75. The zero-order chi connectivity index (χ0) is 23.7. The first kappa shape index (κ1) is 25.5. The number of rotatable bonds is 12. The number of hydrogen-bond acceptors (Lipinski definition) is 6. The molecule has 7 nitrogen and oxygen atoms in total. The van der Waals surface area contributed by atoms with Crippen LogP contribution in [0.15, 0.2) is 47.4 Å². The molecule has 0 N–H and O–H groups in total. The van der Waals surface area contributed by atoms with E-state index >= 15 is 0 Å². The molecule has 32 heavy (non-hydrogen) atoms. The molecule has 0 unspecified atom stereocenters. The average molecular weight is 464 g/mol. The Morgan fingerprint density at radius 3 is 2.44 bits per heavy atom. The van der Waals surface area contributed by atoms with Gasteiger partial charge >= 0.3 is 0 Å².